The summed E-state index contributed by atoms with van der Waals surface area (Å²) >= 11 is 0. The molecule has 4 saturated carbocycles. The predicted octanol–water partition coefficient (Wildman–Crippen LogP) is 4.08. The monoisotopic (exact) mass is 568 g/mol. The van der Waals surface area contributed by atoms with Crippen LogP contribution in [0.3, 0.4) is 0 Å². The van der Waals surface area contributed by atoms with Crippen LogP contribution in [0.15, 0.2) is 12.1 Å². The third-order valence-corrected chi connectivity index (χ3v) is 10.5. The van der Waals surface area contributed by atoms with E-state index in [0.717, 1.165) is 50.8 Å². The fourth-order valence-corrected chi connectivity index (χ4v) is 7.63. The number of H-pyrrole nitrogens is 1. The van der Waals surface area contributed by atoms with Crippen LogP contribution in [-0.4, -0.2) is 58.2 Å². The maximum atomic E-state index is 15.1. The quantitative estimate of drug-likeness (QED) is 0.416. The van der Waals surface area contributed by atoms with Gasteiger partial charge in [0.05, 0.1) is 24.7 Å². The first-order chi connectivity index (χ1) is 19.7. The van der Waals surface area contributed by atoms with Gasteiger partial charge in [0.25, 0.3) is 5.91 Å². The average Bonchev–Trinajstić information content (AvgIpc) is 3.72. The van der Waals surface area contributed by atoms with Crippen molar-refractivity contribution in [3.05, 3.63) is 29.3 Å². The fraction of sp³-hybridized carbons (Fsp3) is 0.700. The van der Waals surface area contributed by atoms with Crippen molar-refractivity contribution < 1.29 is 23.5 Å². The molecule has 2 bridgehead atoms. The summed E-state index contributed by atoms with van der Waals surface area (Å²) in [5, 5.41) is 20.7. The minimum absolute atomic E-state index is 0.0295. The van der Waals surface area contributed by atoms with Crippen molar-refractivity contribution in [1.29, 1.82) is 0 Å². The van der Waals surface area contributed by atoms with Crippen LogP contribution in [0.4, 0.5) is 4.39 Å². The zero-order valence-electron chi connectivity index (χ0n) is 24.2. The Bertz CT molecular complexity index is 1270. The molecule has 1 aromatic carbocycles. The summed E-state index contributed by atoms with van der Waals surface area (Å²) in [6.07, 6.45) is 9.21. The third-order valence-electron chi connectivity index (χ3n) is 10.5. The van der Waals surface area contributed by atoms with Gasteiger partial charge in [0.15, 0.2) is 17.4 Å². The van der Waals surface area contributed by atoms with E-state index in [1.807, 2.05) is 0 Å². The normalized spacial score (nSPS) is 31.8. The topological polar surface area (TPSA) is 131 Å². The Morgan fingerprint density at radius 2 is 1.83 bits per heavy atom. The maximum Gasteiger partial charge on any atom is 0.255 e. The summed E-state index contributed by atoms with van der Waals surface area (Å²) in [4.78, 5) is 27.0. The number of methoxy groups -OCH3 is 1. The van der Waals surface area contributed by atoms with Crippen molar-refractivity contribution in [2.75, 3.05) is 13.7 Å². The fourth-order valence-electron chi connectivity index (χ4n) is 7.63. The van der Waals surface area contributed by atoms with Gasteiger partial charge >= 0.3 is 0 Å². The Morgan fingerprint density at radius 3 is 2.49 bits per heavy atom. The molecule has 222 valence electrons. The molecule has 0 spiro atoms. The molecule has 1 aromatic heterocycles. The molecule has 6 rings (SSSR count). The number of fused-ring (bicyclic) bond motifs is 2. The standard InChI is InChI=1S/C30H41FN6O4/c1-29(9-4-10-29)16-32-27(39)24-17-5-6-18(13-17)25(24)33-26(38)20-14-23(21(31)15-22(20)40-3)41-19-7-11-30(2,12-8-19)28-34-36-37-35-28/h14-15,17-19,24-25H,4-13,16H2,1-3H3,(H,32,39)(H,33,38)(H,34,35,36,37)/t17-,18+,19-,24+,25-,30+/m1/s1. The number of amides is 2. The van der Waals surface area contributed by atoms with Gasteiger partial charge in [-0.2, -0.15) is 0 Å². The highest BCUT2D eigenvalue weighted by Gasteiger charge is 2.51. The summed E-state index contributed by atoms with van der Waals surface area (Å²) in [5.41, 5.74) is 0.209. The van der Waals surface area contributed by atoms with E-state index in [0.29, 0.717) is 19.4 Å². The number of aromatic amines is 1. The summed E-state index contributed by atoms with van der Waals surface area (Å²) < 4.78 is 26.6. The number of ether oxygens (including phenoxy) is 2. The van der Waals surface area contributed by atoms with E-state index in [-0.39, 0.29) is 69.6 Å². The van der Waals surface area contributed by atoms with E-state index in [4.69, 9.17) is 9.47 Å². The van der Waals surface area contributed by atoms with Gasteiger partial charge in [-0.1, -0.05) is 20.3 Å². The van der Waals surface area contributed by atoms with Crippen LogP contribution < -0.4 is 20.1 Å². The second-order valence-electron chi connectivity index (χ2n) is 13.4. The number of nitrogens with one attached hydrogen (secondary N) is 3. The summed E-state index contributed by atoms with van der Waals surface area (Å²) in [5.74, 6) is 0.293. The number of rotatable bonds is 9. The summed E-state index contributed by atoms with van der Waals surface area (Å²) in [7, 11) is 1.42. The van der Waals surface area contributed by atoms with Crippen molar-refractivity contribution >= 4 is 11.8 Å². The van der Waals surface area contributed by atoms with Crippen molar-refractivity contribution in [2.24, 2.45) is 23.2 Å². The van der Waals surface area contributed by atoms with Crippen LogP contribution in [0, 0.1) is 29.0 Å². The van der Waals surface area contributed by atoms with E-state index < -0.39 is 5.82 Å². The lowest BCUT2D eigenvalue weighted by Crippen LogP contribution is -2.51. The molecule has 1 heterocycles. The average molecular weight is 569 g/mol. The molecular formula is C30H41FN6O4. The van der Waals surface area contributed by atoms with Crippen molar-refractivity contribution in [3.63, 3.8) is 0 Å². The molecule has 0 unspecified atom stereocenters. The highest BCUT2D eigenvalue weighted by atomic mass is 19.1. The Kier molecular flexibility index (Phi) is 7.40. The maximum absolute atomic E-state index is 15.1. The highest BCUT2D eigenvalue weighted by molar-refractivity contribution is 5.98. The smallest absolute Gasteiger partial charge is 0.255 e. The first-order valence-electron chi connectivity index (χ1n) is 15.0. The zero-order valence-corrected chi connectivity index (χ0v) is 24.2. The van der Waals surface area contributed by atoms with Crippen LogP contribution >= 0.6 is 0 Å². The van der Waals surface area contributed by atoms with Crippen LogP contribution in [-0.2, 0) is 10.2 Å². The van der Waals surface area contributed by atoms with Crippen molar-refractivity contribution in [2.45, 2.75) is 95.6 Å². The highest BCUT2D eigenvalue weighted by Crippen LogP contribution is 2.49. The minimum Gasteiger partial charge on any atom is -0.496 e. The van der Waals surface area contributed by atoms with Gasteiger partial charge in [0.2, 0.25) is 5.91 Å². The number of hydrogen-bond acceptors (Lipinski definition) is 7. The number of carbonyl (C=O) groups excluding carboxylic acids is 2. The van der Waals surface area contributed by atoms with Crippen LogP contribution in [0.1, 0.15) is 94.2 Å². The lowest BCUT2D eigenvalue weighted by atomic mass is 9.70. The lowest BCUT2D eigenvalue weighted by Gasteiger charge is -2.39. The number of halogens is 1. The molecule has 4 aliphatic rings. The number of nitrogens with zero attached hydrogens (tertiary/aromatic N) is 3. The number of aromatic nitrogens is 4. The first kappa shape index (κ1) is 27.9. The number of benzene rings is 1. The van der Waals surface area contributed by atoms with Gasteiger partial charge in [-0.25, -0.2) is 9.49 Å². The number of hydrogen-bond donors (Lipinski definition) is 3. The summed E-state index contributed by atoms with van der Waals surface area (Å²) in [6.45, 7) is 5.01. The molecule has 4 fully saturated rings. The Hall–Kier alpha value is -3.24. The van der Waals surface area contributed by atoms with E-state index in [9.17, 15) is 9.59 Å². The van der Waals surface area contributed by atoms with Gasteiger partial charge in [0.1, 0.15) is 5.75 Å². The van der Waals surface area contributed by atoms with Crippen molar-refractivity contribution in [1.82, 2.24) is 31.3 Å². The van der Waals surface area contributed by atoms with Crippen LogP contribution in [0.2, 0.25) is 0 Å². The SMILES string of the molecule is COc1cc(F)c(O[C@H]2CC[C@@](C)(c3nnn[nH]3)CC2)cc1C(=O)N[C@@H]1[C@H]2CC[C@H](C2)[C@@H]1C(=O)NCC1(C)CCC1. The van der Waals surface area contributed by atoms with Gasteiger partial charge in [0, 0.05) is 24.1 Å². The van der Waals surface area contributed by atoms with Crippen LogP contribution in [0.5, 0.6) is 11.5 Å². The molecule has 0 radical (unpaired) electrons. The van der Waals surface area contributed by atoms with E-state index in [1.54, 1.807) is 0 Å². The first-order valence-corrected chi connectivity index (χ1v) is 15.0. The van der Waals surface area contributed by atoms with E-state index in [2.05, 4.69) is 45.1 Å². The molecule has 10 nitrogen and oxygen atoms in total. The molecular weight excluding hydrogens is 527 g/mol. The molecule has 4 atom stereocenters. The summed E-state index contributed by atoms with van der Waals surface area (Å²) in [6, 6.07) is 2.40. The van der Waals surface area contributed by atoms with Gasteiger partial charge in [-0.15, -0.1) is 5.10 Å². The second-order valence-corrected chi connectivity index (χ2v) is 13.4. The van der Waals surface area contributed by atoms with Gasteiger partial charge in [-0.3, -0.25) is 9.59 Å². The molecule has 4 aliphatic carbocycles. The largest absolute Gasteiger partial charge is 0.496 e. The van der Waals surface area contributed by atoms with Gasteiger partial charge < -0.3 is 20.1 Å². The molecule has 11 heteroatoms. The van der Waals surface area contributed by atoms with Gasteiger partial charge in [-0.05, 0) is 91.5 Å². The molecule has 0 aliphatic heterocycles. The Balaban J connectivity index is 1.14. The van der Waals surface area contributed by atoms with E-state index >= 15 is 4.39 Å². The Labute approximate surface area is 239 Å². The predicted molar refractivity (Wildman–Crippen MR) is 148 cm³/mol. The van der Waals surface area contributed by atoms with Crippen molar-refractivity contribution in [3.8, 4) is 11.5 Å². The molecule has 2 amide bonds. The number of tetrazole rings is 1. The number of carbonyl (C=O) groups is 2. The minimum atomic E-state index is -0.576. The zero-order chi connectivity index (χ0) is 28.8. The molecule has 41 heavy (non-hydrogen) atoms. The van der Waals surface area contributed by atoms with E-state index in [1.165, 1.54) is 25.7 Å². The molecule has 0 saturated heterocycles. The molecule has 3 N–H and O–H groups in total. The third kappa shape index (κ3) is 5.39. The second kappa shape index (κ2) is 10.9. The Morgan fingerprint density at radius 1 is 1.07 bits per heavy atom. The molecule has 2 aromatic rings. The lowest BCUT2D eigenvalue weighted by molar-refractivity contribution is -0.128. The van der Waals surface area contributed by atoms with Crippen LogP contribution in [0.25, 0.3) is 0 Å².